The molecular weight excluding hydrogens is 210 g/mol. The number of benzene rings is 1. The first-order valence-corrected chi connectivity index (χ1v) is 6.15. The second-order valence-electron chi connectivity index (χ2n) is 4.93. The molecule has 0 spiro atoms. The average Bonchev–Trinajstić information content (AvgIpc) is 2.72. The van der Waals surface area contributed by atoms with Gasteiger partial charge in [-0.2, -0.15) is 0 Å². The van der Waals surface area contributed by atoms with Crippen LogP contribution in [0.2, 0.25) is 0 Å². The first kappa shape index (κ1) is 10.4. The maximum atomic E-state index is 5.99. The Labute approximate surface area is 101 Å². The van der Waals surface area contributed by atoms with Crippen LogP contribution in [0.4, 0.5) is 5.69 Å². The average molecular weight is 227 g/mol. The topological polar surface area (TPSA) is 43.8 Å². The standard InChI is InChI=1S/C14H17N3/c1-10-6-7-14-16-13(9-17(14)8-10)11-4-2-3-5-12(11)15/h2-5,9-10H,6-8,15H2,1H3. The molecule has 3 heteroatoms. The molecule has 1 aliphatic rings. The Morgan fingerprint density at radius 1 is 1.35 bits per heavy atom. The highest BCUT2D eigenvalue weighted by atomic mass is 15.1. The lowest BCUT2D eigenvalue weighted by atomic mass is 10.0. The van der Waals surface area contributed by atoms with Gasteiger partial charge < -0.3 is 10.3 Å². The quantitative estimate of drug-likeness (QED) is 0.761. The van der Waals surface area contributed by atoms with E-state index in [2.05, 4.69) is 17.7 Å². The van der Waals surface area contributed by atoms with Gasteiger partial charge >= 0.3 is 0 Å². The van der Waals surface area contributed by atoms with Gasteiger partial charge in [0.2, 0.25) is 0 Å². The largest absolute Gasteiger partial charge is 0.398 e. The van der Waals surface area contributed by atoms with E-state index in [4.69, 9.17) is 10.7 Å². The molecule has 0 radical (unpaired) electrons. The Balaban J connectivity index is 2.03. The summed E-state index contributed by atoms with van der Waals surface area (Å²) in [5.41, 5.74) is 8.84. The van der Waals surface area contributed by atoms with Gasteiger partial charge in [-0.05, 0) is 18.4 Å². The highest BCUT2D eigenvalue weighted by molar-refractivity contribution is 5.73. The fraction of sp³-hybridized carbons (Fsp3) is 0.357. The van der Waals surface area contributed by atoms with Gasteiger partial charge in [0, 0.05) is 30.4 Å². The molecule has 3 nitrogen and oxygen atoms in total. The lowest BCUT2D eigenvalue weighted by Crippen LogP contribution is -2.17. The molecule has 0 amide bonds. The molecule has 1 atom stereocenters. The molecule has 1 aromatic heterocycles. The third-order valence-corrected chi connectivity index (χ3v) is 3.47. The zero-order valence-electron chi connectivity index (χ0n) is 10.1. The second kappa shape index (κ2) is 3.91. The second-order valence-corrected chi connectivity index (χ2v) is 4.93. The molecular formula is C14H17N3. The van der Waals surface area contributed by atoms with E-state index in [1.165, 1.54) is 12.2 Å². The van der Waals surface area contributed by atoms with Crippen LogP contribution in [0.25, 0.3) is 11.3 Å². The van der Waals surface area contributed by atoms with E-state index in [0.717, 1.165) is 35.8 Å². The van der Waals surface area contributed by atoms with Crippen LogP contribution >= 0.6 is 0 Å². The number of fused-ring (bicyclic) bond motifs is 1. The summed E-state index contributed by atoms with van der Waals surface area (Å²) in [5, 5.41) is 0. The van der Waals surface area contributed by atoms with Crippen molar-refractivity contribution >= 4 is 5.69 Å². The van der Waals surface area contributed by atoms with Crippen molar-refractivity contribution in [1.82, 2.24) is 9.55 Å². The molecule has 0 saturated heterocycles. The van der Waals surface area contributed by atoms with Crippen molar-refractivity contribution in [2.75, 3.05) is 5.73 Å². The molecule has 0 aliphatic carbocycles. The van der Waals surface area contributed by atoms with Crippen LogP contribution in [0.15, 0.2) is 30.5 Å². The lowest BCUT2D eigenvalue weighted by Gasteiger charge is -2.19. The van der Waals surface area contributed by atoms with Crippen LogP contribution in [0.3, 0.4) is 0 Å². The van der Waals surface area contributed by atoms with E-state index < -0.39 is 0 Å². The van der Waals surface area contributed by atoms with Crippen LogP contribution in [0.1, 0.15) is 19.2 Å². The van der Waals surface area contributed by atoms with Crippen molar-refractivity contribution in [3.63, 3.8) is 0 Å². The molecule has 1 aromatic carbocycles. The third-order valence-electron chi connectivity index (χ3n) is 3.47. The summed E-state index contributed by atoms with van der Waals surface area (Å²) in [7, 11) is 0. The molecule has 1 unspecified atom stereocenters. The fourth-order valence-electron chi connectivity index (χ4n) is 2.47. The predicted octanol–water partition coefficient (Wildman–Crippen LogP) is 2.71. The van der Waals surface area contributed by atoms with E-state index in [-0.39, 0.29) is 0 Å². The van der Waals surface area contributed by atoms with Crippen molar-refractivity contribution in [2.45, 2.75) is 26.3 Å². The molecule has 0 saturated carbocycles. The number of rotatable bonds is 1. The van der Waals surface area contributed by atoms with Crippen LogP contribution in [-0.4, -0.2) is 9.55 Å². The van der Waals surface area contributed by atoms with Crippen LogP contribution in [0.5, 0.6) is 0 Å². The Morgan fingerprint density at radius 2 is 2.18 bits per heavy atom. The van der Waals surface area contributed by atoms with Crippen LogP contribution in [0, 0.1) is 5.92 Å². The minimum atomic E-state index is 0.748. The minimum absolute atomic E-state index is 0.748. The number of aromatic nitrogens is 2. The van der Waals surface area contributed by atoms with Crippen molar-refractivity contribution in [3.8, 4) is 11.3 Å². The monoisotopic (exact) mass is 227 g/mol. The Morgan fingerprint density at radius 3 is 3.00 bits per heavy atom. The van der Waals surface area contributed by atoms with Crippen molar-refractivity contribution in [1.29, 1.82) is 0 Å². The first-order valence-electron chi connectivity index (χ1n) is 6.15. The molecule has 2 aromatic rings. The first-order chi connectivity index (χ1) is 8.24. The summed E-state index contributed by atoms with van der Waals surface area (Å²) < 4.78 is 2.27. The van der Waals surface area contributed by atoms with E-state index >= 15 is 0 Å². The number of aryl methyl sites for hydroxylation is 1. The molecule has 0 bridgehead atoms. The number of nitrogen functional groups attached to an aromatic ring is 1. The van der Waals surface area contributed by atoms with Crippen molar-refractivity contribution < 1.29 is 0 Å². The Kier molecular flexibility index (Phi) is 2.39. The Hall–Kier alpha value is -1.77. The number of hydrogen-bond donors (Lipinski definition) is 1. The SMILES string of the molecule is CC1CCc2nc(-c3ccccc3N)cn2C1. The molecule has 2 heterocycles. The summed E-state index contributed by atoms with van der Waals surface area (Å²) >= 11 is 0. The smallest absolute Gasteiger partial charge is 0.109 e. The number of imidazole rings is 1. The minimum Gasteiger partial charge on any atom is -0.398 e. The zero-order chi connectivity index (χ0) is 11.8. The summed E-state index contributed by atoms with van der Waals surface area (Å²) in [6, 6.07) is 7.92. The van der Waals surface area contributed by atoms with Crippen LogP contribution < -0.4 is 5.73 Å². The maximum Gasteiger partial charge on any atom is 0.109 e. The van der Waals surface area contributed by atoms with E-state index in [0.29, 0.717) is 0 Å². The summed E-state index contributed by atoms with van der Waals surface area (Å²) in [6.45, 7) is 3.37. The van der Waals surface area contributed by atoms with E-state index in [1.807, 2.05) is 24.3 Å². The normalized spacial score (nSPS) is 19.0. The van der Waals surface area contributed by atoms with Gasteiger partial charge in [-0.3, -0.25) is 0 Å². The molecule has 1 aliphatic heterocycles. The van der Waals surface area contributed by atoms with Crippen molar-refractivity contribution in [3.05, 3.63) is 36.3 Å². The van der Waals surface area contributed by atoms with Gasteiger partial charge in [-0.15, -0.1) is 0 Å². The number of nitrogens with two attached hydrogens (primary N) is 1. The molecule has 17 heavy (non-hydrogen) atoms. The summed E-state index contributed by atoms with van der Waals surface area (Å²) in [6.07, 6.45) is 4.45. The number of anilines is 1. The Bertz CT molecular complexity index is 542. The molecule has 3 rings (SSSR count). The van der Waals surface area contributed by atoms with Crippen LogP contribution in [-0.2, 0) is 13.0 Å². The highest BCUT2D eigenvalue weighted by Gasteiger charge is 2.18. The highest BCUT2D eigenvalue weighted by Crippen LogP contribution is 2.27. The molecule has 88 valence electrons. The van der Waals surface area contributed by atoms with Gasteiger partial charge in [0.05, 0.1) is 5.69 Å². The molecule has 0 fully saturated rings. The van der Waals surface area contributed by atoms with Gasteiger partial charge in [-0.1, -0.05) is 25.1 Å². The van der Waals surface area contributed by atoms with Gasteiger partial charge in [-0.25, -0.2) is 4.98 Å². The molecule has 2 N–H and O–H groups in total. The van der Waals surface area contributed by atoms with Gasteiger partial charge in [0.15, 0.2) is 0 Å². The fourth-order valence-corrected chi connectivity index (χ4v) is 2.47. The summed E-state index contributed by atoms with van der Waals surface area (Å²) in [4.78, 5) is 4.70. The number of hydrogen-bond acceptors (Lipinski definition) is 2. The third kappa shape index (κ3) is 1.82. The van der Waals surface area contributed by atoms with E-state index in [9.17, 15) is 0 Å². The predicted molar refractivity (Wildman–Crippen MR) is 69.6 cm³/mol. The zero-order valence-corrected chi connectivity index (χ0v) is 10.1. The number of para-hydroxylation sites is 1. The maximum absolute atomic E-state index is 5.99. The summed E-state index contributed by atoms with van der Waals surface area (Å²) in [5.74, 6) is 1.94. The lowest BCUT2D eigenvalue weighted by molar-refractivity contribution is 0.394. The van der Waals surface area contributed by atoms with Gasteiger partial charge in [0.1, 0.15) is 5.82 Å². The number of nitrogens with zero attached hydrogens (tertiary/aromatic N) is 2. The van der Waals surface area contributed by atoms with Crippen molar-refractivity contribution in [2.24, 2.45) is 5.92 Å². The van der Waals surface area contributed by atoms with Gasteiger partial charge in [0.25, 0.3) is 0 Å². The van der Waals surface area contributed by atoms with E-state index in [1.54, 1.807) is 0 Å².